The fraction of sp³-hybridized carbons (Fsp3) is 0.930. The van der Waals surface area contributed by atoms with Crippen LogP contribution in [0.4, 0.5) is 0 Å². The summed E-state index contributed by atoms with van der Waals surface area (Å²) in [5.74, 6) is -2.36. The average molecular weight is 806 g/mol. The fourth-order valence-corrected chi connectivity index (χ4v) is 7.32. The van der Waals surface area contributed by atoms with Crippen LogP contribution in [-0.2, 0) is 37.5 Å². The van der Waals surface area contributed by atoms with E-state index in [1.165, 1.54) is 148 Å². The number of carbonyl (C=O) groups excluding carboxylic acids is 2. The van der Waals surface area contributed by atoms with Crippen LogP contribution in [0.3, 0.4) is 0 Å². The first-order valence-corrected chi connectivity index (χ1v) is 24.1. The van der Waals surface area contributed by atoms with Gasteiger partial charge in [-0.15, -0.1) is 0 Å². The van der Waals surface area contributed by atoms with Gasteiger partial charge in [0.2, 0.25) is 0 Å². The monoisotopic (exact) mass is 806 g/mol. The molecule has 0 radical (unpaired) electrons. The summed E-state index contributed by atoms with van der Waals surface area (Å²) in [6.07, 6.45) is 37.7. The molecule has 11 nitrogen and oxygen atoms in total. The number of rotatable bonds is 43. The number of carboxylic acid groups (broad SMARTS) is 1. The molecular formula is C43H84NO10P. The Bertz CT molecular complexity index is 952. The minimum Gasteiger partial charge on any atom is -0.480 e. The summed E-state index contributed by atoms with van der Waals surface area (Å²) in [7, 11) is -4.70. The second-order valence-corrected chi connectivity index (χ2v) is 17.0. The number of aliphatic carboxylic acids is 1. The number of carboxylic acids is 1. The van der Waals surface area contributed by atoms with Gasteiger partial charge in [-0.2, -0.15) is 0 Å². The van der Waals surface area contributed by atoms with Gasteiger partial charge in [-0.05, 0) is 12.8 Å². The number of hydrogen-bond acceptors (Lipinski definition) is 9. The van der Waals surface area contributed by atoms with E-state index in [1.807, 2.05) is 0 Å². The largest absolute Gasteiger partial charge is 0.480 e. The van der Waals surface area contributed by atoms with Gasteiger partial charge >= 0.3 is 25.7 Å². The lowest BCUT2D eigenvalue weighted by molar-refractivity contribution is -0.161. The predicted molar refractivity (Wildman–Crippen MR) is 222 cm³/mol. The van der Waals surface area contributed by atoms with Gasteiger partial charge in [-0.3, -0.25) is 23.4 Å². The molecule has 0 aliphatic carbocycles. The van der Waals surface area contributed by atoms with Crippen LogP contribution >= 0.6 is 7.82 Å². The summed E-state index contributed by atoms with van der Waals surface area (Å²) in [5.41, 5.74) is 5.32. The number of carbonyl (C=O) groups is 3. The van der Waals surface area contributed by atoms with Crippen LogP contribution in [0, 0.1) is 0 Å². The number of phosphoric acid groups is 1. The Labute approximate surface area is 335 Å². The predicted octanol–water partition coefficient (Wildman–Crippen LogP) is 11.9. The number of unbranched alkanes of at least 4 members (excludes halogenated alkanes) is 29. The van der Waals surface area contributed by atoms with Gasteiger partial charge in [0.05, 0.1) is 13.2 Å². The summed E-state index contributed by atoms with van der Waals surface area (Å²) in [6, 6.07) is -1.52. The van der Waals surface area contributed by atoms with Gasteiger partial charge in [0.15, 0.2) is 6.10 Å². The Kier molecular flexibility index (Phi) is 38.2. The van der Waals surface area contributed by atoms with Crippen molar-refractivity contribution >= 4 is 25.7 Å². The van der Waals surface area contributed by atoms with Crippen LogP contribution in [0.1, 0.15) is 226 Å². The zero-order valence-corrected chi connectivity index (χ0v) is 36.2. The van der Waals surface area contributed by atoms with E-state index >= 15 is 0 Å². The third-order valence-electron chi connectivity index (χ3n) is 10.1. The zero-order valence-electron chi connectivity index (χ0n) is 35.3. The van der Waals surface area contributed by atoms with Crippen LogP contribution in [0.25, 0.3) is 0 Å². The summed E-state index contributed by atoms with van der Waals surface area (Å²) in [6.45, 7) is 2.79. The lowest BCUT2D eigenvalue weighted by Crippen LogP contribution is -2.34. The lowest BCUT2D eigenvalue weighted by Gasteiger charge is -2.20. The first kappa shape index (κ1) is 53.5. The van der Waals surface area contributed by atoms with Gasteiger partial charge in [-0.1, -0.05) is 200 Å². The molecule has 0 saturated carbocycles. The van der Waals surface area contributed by atoms with Crippen LogP contribution in [0.2, 0.25) is 0 Å². The van der Waals surface area contributed by atoms with E-state index in [-0.39, 0.29) is 19.4 Å². The number of hydrogen-bond donors (Lipinski definition) is 3. The Morgan fingerprint density at radius 2 is 0.800 bits per heavy atom. The summed E-state index contributed by atoms with van der Waals surface area (Å²) in [5, 5.41) is 8.87. The molecule has 3 atom stereocenters. The molecule has 0 aromatic rings. The van der Waals surface area contributed by atoms with E-state index < -0.39 is 51.1 Å². The molecule has 4 N–H and O–H groups in total. The van der Waals surface area contributed by atoms with E-state index in [9.17, 15) is 23.8 Å². The Balaban J connectivity index is 4.11. The molecule has 0 heterocycles. The maximum absolute atomic E-state index is 12.6. The van der Waals surface area contributed by atoms with Crippen molar-refractivity contribution in [1.82, 2.24) is 0 Å². The van der Waals surface area contributed by atoms with Crippen molar-refractivity contribution in [2.75, 3.05) is 19.8 Å². The van der Waals surface area contributed by atoms with Gasteiger partial charge in [0.25, 0.3) is 0 Å². The van der Waals surface area contributed by atoms with Crippen LogP contribution in [-0.4, -0.2) is 59.9 Å². The van der Waals surface area contributed by atoms with Crippen LogP contribution in [0.5, 0.6) is 0 Å². The van der Waals surface area contributed by atoms with E-state index in [0.717, 1.165) is 38.5 Å². The SMILES string of the molecule is CCCCCCCCCCCCCCCCCCCCCCCCCC(=O)O[C@@H](COC(=O)CCCCCCCCCC)COP(=O)(O)OC[C@H](N)C(=O)O. The second-order valence-electron chi connectivity index (χ2n) is 15.6. The Morgan fingerprint density at radius 3 is 1.15 bits per heavy atom. The number of phosphoric ester groups is 1. The van der Waals surface area contributed by atoms with Crippen molar-refractivity contribution < 1.29 is 47.5 Å². The van der Waals surface area contributed by atoms with Crippen molar-refractivity contribution in [2.24, 2.45) is 5.73 Å². The first-order valence-electron chi connectivity index (χ1n) is 22.6. The molecule has 0 spiro atoms. The third-order valence-corrected chi connectivity index (χ3v) is 11.1. The number of ether oxygens (including phenoxy) is 2. The quantitative estimate of drug-likeness (QED) is 0.0304. The number of nitrogens with two attached hydrogens (primary N) is 1. The minimum absolute atomic E-state index is 0.169. The normalized spacial score (nSPS) is 13.7. The summed E-state index contributed by atoms with van der Waals surface area (Å²) in [4.78, 5) is 45.8. The van der Waals surface area contributed by atoms with E-state index in [0.29, 0.717) is 12.8 Å². The molecule has 0 fully saturated rings. The second kappa shape index (κ2) is 39.3. The lowest BCUT2D eigenvalue weighted by atomic mass is 10.0. The fourth-order valence-electron chi connectivity index (χ4n) is 6.54. The molecule has 326 valence electrons. The zero-order chi connectivity index (χ0) is 40.7. The molecule has 12 heteroatoms. The molecule has 1 unspecified atom stereocenters. The van der Waals surface area contributed by atoms with Crippen molar-refractivity contribution in [3.8, 4) is 0 Å². The summed E-state index contributed by atoms with van der Waals surface area (Å²) < 4.78 is 32.6. The Hall–Kier alpha value is -1.52. The van der Waals surface area contributed by atoms with Crippen molar-refractivity contribution in [3.63, 3.8) is 0 Å². The molecule has 0 aliphatic rings. The van der Waals surface area contributed by atoms with Crippen molar-refractivity contribution in [3.05, 3.63) is 0 Å². The van der Waals surface area contributed by atoms with E-state index in [1.54, 1.807) is 0 Å². The maximum atomic E-state index is 12.6. The molecule has 55 heavy (non-hydrogen) atoms. The topological polar surface area (TPSA) is 172 Å². The standard InChI is InChI=1S/C43H84NO10P/c1-3-5-7-9-11-13-14-15-16-17-18-19-20-21-22-23-24-25-26-27-29-31-33-35-42(46)54-39(37-52-55(49,50)53-38-40(44)43(47)48)36-51-41(45)34-32-30-28-12-10-8-6-4-2/h39-40H,3-38,44H2,1-2H3,(H,47,48)(H,49,50)/t39-,40-/m0/s1. The van der Waals surface area contributed by atoms with Gasteiger partial charge in [0.1, 0.15) is 12.6 Å². The molecule has 0 aromatic heterocycles. The molecule has 0 amide bonds. The summed E-state index contributed by atoms with van der Waals surface area (Å²) >= 11 is 0. The highest BCUT2D eigenvalue weighted by molar-refractivity contribution is 7.47. The van der Waals surface area contributed by atoms with Gasteiger partial charge in [0, 0.05) is 12.8 Å². The van der Waals surface area contributed by atoms with Crippen molar-refractivity contribution in [2.45, 2.75) is 238 Å². The first-order chi connectivity index (χ1) is 26.6. The van der Waals surface area contributed by atoms with Gasteiger partial charge in [-0.25, -0.2) is 4.57 Å². The van der Waals surface area contributed by atoms with Gasteiger partial charge < -0.3 is 25.2 Å². The Morgan fingerprint density at radius 1 is 0.491 bits per heavy atom. The highest BCUT2D eigenvalue weighted by Crippen LogP contribution is 2.43. The highest BCUT2D eigenvalue weighted by Gasteiger charge is 2.28. The molecule has 0 bridgehead atoms. The maximum Gasteiger partial charge on any atom is 0.472 e. The highest BCUT2D eigenvalue weighted by atomic mass is 31.2. The molecule has 0 rings (SSSR count). The van der Waals surface area contributed by atoms with Crippen molar-refractivity contribution in [1.29, 1.82) is 0 Å². The smallest absolute Gasteiger partial charge is 0.472 e. The molecule has 0 aromatic carbocycles. The molecule has 0 aliphatic heterocycles. The number of esters is 2. The third kappa shape index (κ3) is 39.1. The van der Waals surface area contributed by atoms with E-state index in [2.05, 4.69) is 18.4 Å². The minimum atomic E-state index is -4.70. The molecular weight excluding hydrogens is 721 g/mol. The van der Waals surface area contributed by atoms with Crippen LogP contribution < -0.4 is 5.73 Å². The average Bonchev–Trinajstić information content (AvgIpc) is 3.16. The van der Waals surface area contributed by atoms with E-state index in [4.69, 9.17) is 24.8 Å². The van der Waals surface area contributed by atoms with Crippen LogP contribution in [0.15, 0.2) is 0 Å². The molecule has 0 saturated heterocycles.